The van der Waals surface area contributed by atoms with Crippen LogP contribution in [0.4, 0.5) is 18.9 Å². The van der Waals surface area contributed by atoms with Crippen LogP contribution >= 0.6 is 0 Å². The van der Waals surface area contributed by atoms with E-state index in [9.17, 15) is 27.9 Å². The average molecular weight is 525 g/mol. The van der Waals surface area contributed by atoms with Gasteiger partial charge in [0.2, 0.25) is 5.91 Å². The molecule has 1 amide bonds. The van der Waals surface area contributed by atoms with Crippen LogP contribution in [0, 0.1) is 18.8 Å². The minimum Gasteiger partial charge on any atom is -0.481 e. The molecule has 1 aromatic heterocycles. The number of carboxylic acids is 1. The lowest BCUT2D eigenvalue weighted by molar-refractivity contribution is -0.141. The van der Waals surface area contributed by atoms with Crippen molar-refractivity contribution >= 4 is 17.6 Å². The Morgan fingerprint density at radius 1 is 1.05 bits per heavy atom. The van der Waals surface area contributed by atoms with E-state index in [1.165, 1.54) is 6.20 Å². The second-order valence-electron chi connectivity index (χ2n) is 10.1. The number of carbonyl (C=O) groups is 2. The van der Waals surface area contributed by atoms with Crippen LogP contribution in [0.3, 0.4) is 0 Å². The number of pyridine rings is 1. The summed E-state index contributed by atoms with van der Waals surface area (Å²) in [7, 11) is 0. The highest BCUT2D eigenvalue weighted by Gasteiger charge is 2.33. The van der Waals surface area contributed by atoms with Crippen LogP contribution in [-0.2, 0) is 22.2 Å². The van der Waals surface area contributed by atoms with Crippen molar-refractivity contribution < 1.29 is 27.9 Å². The van der Waals surface area contributed by atoms with Crippen LogP contribution in [0.15, 0.2) is 60.9 Å². The summed E-state index contributed by atoms with van der Waals surface area (Å²) < 4.78 is 39.4. The molecule has 1 fully saturated rings. The van der Waals surface area contributed by atoms with Gasteiger partial charge in [0, 0.05) is 23.6 Å². The number of anilines is 1. The predicted molar refractivity (Wildman–Crippen MR) is 140 cm³/mol. The summed E-state index contributed by atoms with van der Waals surface area (Å²) in [6.45, 7) is 3.53. The molecule has 1 aliphatic carbocycles. The number of halogens is 3. The molecule has 4 rings (SSSR count). The molecule has 8 heteroatoms. The molecule has 1 aliphatic rings. The fourth-order valence-corrected chi connectivity index (χ4v) is 5.23. The number of carboxylic acid groups (broad SMARTS) is 1. The first-order valence-corrected chi connectivity index (χ1v) is 12.8. The van der Waals surface area contributed by atoms with Crippen molar-refractivity contribution in [1.29, 1.82) is 0 Å². The quantitative estimate of drug-likeness (QED) is 0.325. The smallest absolute Gasteiger partial charge is 0.417 e. The van der Waals surface area contributed by atoms with Gasteiger partial charge < -0.3 is 10.4 Å². The van der Waals surface area contributed by atoms with Gasteiger partial charge in [-0.15, -0.1) is 0 Å². The fraction of sp³-hybridized carbons (Fsp3) is 0.367. The Morgan fingerprint density at radius 2 is 1.74 bits per heavy atom. The predicted octanol–water partition coefficient (Wildman–Crippen LogP) is 7.25. The first-order valence-electron chi connectivity index (χ1n) is 12.8. The average Bonchev–Trinajstić information content (AvgIpc) is 3.41. The number of hydrogen-bond acceptors (Lipinski definition) is 3. The number of rotatable bonds is 8. The molecule has 0 aliphatic heterocycles. The van der Waals surface area contributed by atoms with E-state index in [-0.39, 0.29) is 11.8 Å². The van der Waals surface area contributed by atoms with Crippen molar-refractivity contribution in [2.75, 3.05) is 5.32 Å². The molecule has 0 bridgehead atoms. The lowest BCUT2D eigenvalue weighted by Gasteiger charge is -2.24. The molecule has 3 aromatic rings. The molecule has 2 aromatic carbocycles. The van der Waals surface area contributed by atoms with Gasteiger partial charge in [-0.1, -0.05) is 56.2 Å². The number of hydrogen-bond donors (Lipinski definition) is 2. The SMILES string of the molecule is Cc1c(C[C@@H](C)C(=O)O)cccc1NC(=O)[C@H](c1ccc(-c2cncc(C(F)(F)F)c2)cc1)C1CCCC1. The largest absolute Gasteiger partial charge is 0.481 e. The number of nitrogens with zero attached hydrogens (tertiary/aromatic N) is 1. The molecule has 2 atom stereocenters. The molecule has 0 unspecified atom stereocenters. The van der Waals surface area contributed by atoms with Crippen molar-refractivity contribution in [3.8, 4) is 11.1 Å². The monoisotopic (exact) mass is 524 g/mol. The summed E-state index contributed by atoms with van der Waals surface area (Å²) in [5.74, 6) is -1.81. The summed E-state index contributed by atoms with van der Waals surface area (Å²) in [5, 5.41) is 12.4. The zero-order valence-electron chi connectivity index (χ0n) is 21.4. The molecule has 5 nitrogen and oxygen atoms in total. The number of aliphatic carboxylic acids is 1. The topological polar surface area (TPSA) is 79.3 Å². The van der Waals surface area contributed by atoms with Gasteiger partial charge in [-0.25, -0.2) is 0 Å². The minimum absolute atomic E-state index is 0.142. The summed E-state index contributed by atoms with van der Waals surface area (Å²) >= 11 is 0. The van der Waals surface area contributed by atoms with Gasteiger partial charge in [-0.2, -0.15) is 13.2 Å². The molecule has 0 spiro atoms. The first-order chi connectivity index (χ1) is 18.0. The Labute approximate surface area is 220 Å². The molecule has 38 heavy (non-hydrogen) atoms. The second kappa shape index (κ2) is 11.4. The van der Waals surface area contributed by atoms with Crippen LogP contribution in [-0.4, -0.2) is 22.0 Å². The second-order valence-corrected chi connectivity index (χ2v) is 10.1. The number of benzene rings is 2. The molecule has 200 valence electrons. The maximum absolute atomic E-state index is 13.7. The van der Waals surface area contributed by atoms with Crippen LogP contribution < -0.4 is 5.32 Å². The summed E-state index contributed by atoms with van der Waals surface area (Å²) in [6.07, 6.45) is 2.02. The van der Waals surface area contributed by atoms with Crippen LogP contribution in [0.5, 0.6) is 0 Å². The van der Waals surface area contributed by atoms with Gasteiger partial charge in [-0.05, 0) is 66.5 Å². The van der Waals surface area contributed by atoms with Crippen LogP contribution in [0.1, 0.15) is 60.8 Å². The molecule has 2 N–H and O–H groups in total. The van der Waals surface area contributed by atoms with E-state index in [1.807, 2.05) is 37.3 Å². The lowest BCUT2D eigenvalue weighted by Crippen LogP contribution is -2.27. The summed E-state index contributed by atoms with van der Waals surface area (Å²) in [5.41, 5.74) is 3.31. The number of carbonyl (C=O) groups excluding carboxylic acids is 1. The van der Waals surface area contributed by atoms with Gasteiger partial charge in [0.1, 0.15) is 0 Å². The van der Waals surface area contributed by atoms with Gasteiger partial charge in [0.25, 0.3) is 0 Å². The fourth-order valence-electron chi connectivity index (χ4n) is 5.23. The van der Waals surface area contributed by atoms with E-state index in [0.717, 1.165) is 54.6 Å². The Morgan fingerprint density at radius 3 is 2.37 bits per heavy atom. The minimum atomic E-state index is -4.48. The highest BCUT2D eigenvalue weighted by Crippen LogP contribution is 2.39. The van der Waals surface area contributed by atoms with E-state index in [4.69, 9.17) is 0 Å². The van der Waals surface area contributed by atoms with Crippen molar-refractivity contribution in [2.24, 2.45) is 11.8 Å². The number of nitrogens with one attached hydrogen (secondary N) is 1. The standard InChI is InChI=1S/C30H31F3N2O3/c1-18(29(37)38)14-23-8-5-9-26(19(23)2)35-28(36)27(21-6-3-4-7-21)22-12-10-20(11-13-22)24-15-25(17-34-16-24)30(31,32)33/h5,8-13,15-18,21,27H,3-4,6-7,14H2,1-2H3,(H,35,36)(H,37,38)/t18-,27+/m1/s1. The van der Waals surface area contributed by atoms with Crippen molar-refractivity contribution in [3.05, 3.63) is 83.2 Å². The van der Waals surface area contributed by atoms with E-state index in [1.54, 1.807) is 19.1 Å². The highest BCUT2D eigenvalue weighted by molar-refractivity contribution is 5.97. The van der Waals surface area contributed by atoms with Crippen molar-refractivity contribution in [2.45, 2.75) is 58.0 Å². The Bertz CT molecular complexity index is 1300. The Balaban J connectivity index is 1.59. The molecule has 0 saturated heterocycles. The van der Waals surface area contributed by atoms with Gasteiger partial charge in [0.05, 0.1) is 17.4 Å². The third-order valence-electron chi connectivity index (χ3n) is 7.47. The van der Waals surface area contributed by atoms with Gasteiger partial charge >= 0.3 is 12.1 Å². The van der Waals surface area contributed by atoms with Crippen LogP contribution in [0.25, 0.3) is 11.1 Å². The zero-order chi connectivity index (χ0) is 27.4. The highest BCUT2D eigenvalue weighted by atomic mass is 19.4. The first kappa shape index (κ1) is 27.4. The zero-order valence-corrected chi connectivity index (χ0v) is 21.4. The third-order valence-corrected chi connectivity index (χ3v) is 7.47. The number of amides is 1. The van der Waals surface area contributed by atoms with Crippen LogP contribution in [0.2, 0.25) is 0 Å². The van der Waals surface area contributed by atoms with E-state index >= 15 is 0 Å². The van der Waals surface area contributed by atoms with Crippen molar-refractivity contribution in [1.82, 2.24) is 4.98 Å². The Kier molecular flexibility index (Phi) is 8.19. The molecular formula is C30H31F3N2O3. The molecule has 0 radical (unpaired) electrons. The third kappa shape index (κ3) is 6.23. The lowest BCUT2D eigenvalue weighted by atomic mass is 9.83. The maximum Gasteiger partial charge on any atom is 0.417 e. The van der Waals surface area contributed by atoms with E-state index in [2.05, 4.69) is 10.3 Å². The van der Waals surface area contributed by atoms with Gasteiger partial charge in [-0.3, -0.25) is 14.6 Å². The number of alkyl halides is 3. The van der Waals surface area contributed by atoms with E-state index < -0.39 is 29.5 Å². The number of aromatic nitrogens is 1. The van der Waals surface area contributed by atoms with E-state index in [0.29, 0.717) is 23.2 Å². The molecule has 1 saturated carbocycles. The molecule has 1 heterocycles. The molecular weight excluding hydrogens is 493 g/mol. The maximum atomic E-state index is 13.7. The summed E-state index contributed by atoms with van der Waals surface area (Å²) in [4.78, 5) is 28.7. The van der Waals surface area contributed by atoms with Gasteiger partial charge in [0.15, 0.2) is 0 Å². The Hall–Kier alpha value is -3.68. The van der Waals surface area contributed by atoms with Crippen molar-refractivity contribution in [3.63, 3.8) is 0 Å². The normalized spacial score (nSPS) is 15.7. The summed E-state index contributed by atoms with van der Waals surface area (Å²) in [6, 6.07) is 13.7.